The third kappa shape index (κ3) is 2.78. The second kappa shape index (κ2) is 5.91. The summed E-state index contributed by atoms with van der Waals surface area (Å²) >= 11 is 5.87. The SMILES string of the molecule is COC1(Cn2c(CCCl)nc3cc(F)ccc32)CCOC1. The van der Waals surface area contributed by atoms with Crippen molar-refractivity contribution in [1.29, 1.82) is 0 Å². The van der Waals surface area contributed by atoms with Gasteiger partial charge in [0.25, 0.3) is 0 Å². The van der Waals surface area contributed by atoms with E-state index >= 15 is 0 Å². The molecule has 1 aliphatic heterocycles. The van der Waals surface area contributed by atoms with Crippen LogP contribution in [0.4, 0.5) is 4.39 Å². The van der Waals surface area contributed by atoms with Crippen LogP contribution in [-0.2, 0) is 22.4 Å². The van der Waals surface area contributed by atoms with Crippen molar-refractivity contribution < 1.29 is 13.9 Å². The molecule has 1 saturated heterocycles. The topological polar surface area (TPSA) is 36.3 Å². The number of imidazole rings is 1. The van der Waals surface area contributed by atoms with E-state index in [0.29, 0.717) is 37.6 Å². The smallest absolute Gasteiger partial charge is 0.125 e. The standard InChI is InChI=1S/C15H18ClFN2O2/c1-20-15(5-7-21-10-15)9-19-13-3-2-11(17)8-12(13)18-14(19)4-6-16/h2-3,8H,4-7,9-10H2,1H3. The van der Waals surface area contributed by atoms with Gasteiger partial charge in [0, 0.05) is 38.5 Å². The van der Waals surface area contributed by atoms with E-state index in [-0.39, 0.29) is 11.4 Å². The molecule has 114 valence electrons. The zero-order valence-electron chi connectivity index (χ0n) is 11.9. The van der Waals surface area contributed by atoms with Crippen LogP contribution in [0.1, 0.15) is 12.2 Å². The minimum atomic E-state index is -0.344. The number of aryl methyl sites for hydroxylation is 1. The van der Waals surface area contributed by atoms with Gasteiger partial charge in [0.05, 0.1) is 24.2 Å². The molecular weight excluding hydrogens is 295 g/mol. The molecular formula is C15H18ClFN2O2. The lowest BCUT2D eigenvalue weighted by atomic mass is 10.0. The molecule has 3 rings (SSSR count). The van der Waals surface area contributed by atoms with Crippen LogP contribution in [-0.4, -0.2) is 41.4 Å². The van der Waals surface area contributed by atoms with Crippen LogP contribution < -0.4 is 0 Å². The molecule has 1 aliphatic rings. The quantitative estimate of drug-likeness (QED) is 0.797. The van der Waals surface area contributed by atoms with E-state index in [1.807, 2.05) is 0 Å². The Bertz CT molecular complexity index is 638. The highest BCUT2D eigenvalue weighted by Gasteiger charge is 2.36. The summed E-state index contributed by atoms with van der Waals surface area (Å²) in [7, 11) is 1.70. The Morgan fingerprint density at radius 2 is 2.38 bits per heavy atom. The molecule has 1 aromatic heterocycles. The number of nitrogens with zero attached hydrogens (tertiary/aromatic N) is 2. The van der Waals surface area contributed by atoms with Crippen molar-refractivity contribution in [2.45, 2.75) is 25.0 Å². The lowest BCUT2D eigenvalue weighted by Gasteiger charge is -2.27. The Kier molecular flexibility index (Phi) is 4.15. The maximum absolute atomic E-state index is 13.4. The molecule has 2 heterocycles. The Hall–Kier alpha value is -1.17. The molecule has 0 spiro atoms. The maximum Gasteiger partial charge on any atom is 0.125 e. The number of alkyl halides is 1. The third-order valence-corrected chi connectivity index (χ3v) is 4.24. The average molecular weight is 313 g/mol. The number of aromatic nitrogens is 2. The normalized spacial score (nSPS) is 22.2. The fraction of sp³-hybridized carbons (Fsp3) is 0.533. The minimum absolute atomic E-state index is 0.282. The summed E-state index contributed by atoms with van der Waals surface area (Å²) in [5, 5.41) is 0. The van der Waals surface area contributed by atoms with Gasteiger partial charge >= 0.3 is 0 Å². The van der Waals surface area contributed by atoms with Gasteiger partial charge in [-0.2, -0.15) is 0 Å². The predicted octanol–water partition coefficient (Wildman–Crippen LogP) is 2.76. The molecule has 1 unspecified atom stereocenters. The zero-order valence-corrected chi connectivity index (χ0v) is 12.7. The van der Waals surface area contributed by atoms with Crippen LogP contribution >= 0.6 is 11.6 Å². The summed E-state index contributed by atoms with van der Waals surface area (Å²) in [6.45, 7) is 1.89. The average Bonchev–Trinajstić information content (AvgIpc) is 3.06. The summed E-state index contributed by atoms with van der Waals surface area (Å²) in [4.78, 5) is 4.51. The monoisotopic (exact) mass is 312 g/mol. The highest BCUT2D eigenvalue weighted by atomic mass is 35.5. The first-order valence-corrected chi connectivity index (χ1v) is 7.54. The number of fused-ring (bicyclic) bond motifs is 1. The molecule has 1 aromatic carbocycles. The second-order valence-corrected chi connectivity index (χ2v) is 5.75. The number of halogens is 2. The second-order valence-electron chi connectivity index (χ2n) is 5.38. The Balaban J connectivity index is 2.04. The lowest BCUT2D eigenvalue weighted by molar-refractivity contribution is -0.0292. The highest BCUT2D eigenvalue weighted by Crippen LogP contribution is 2.28. The molecule has 0 N–H and O–H groups in total. The van der Waals surface area contributed by atoms with E-state index in [1.54, 1.807) is 13.2 Å². The van der Waals surface area contributed by atoms with E-state index < -0.39 is 0 Å². The molecule has 1 fully saturated rings. The van der Waals surface area contributed by atoms with Crippen molar-refractivity contribution in [3.8, 4) is 0 Å². The Morgan fingerprint density at radius 1 is 1.52 bits per heavy atom. The van der Waals surface area contributed by atoms with Crippen molar-refractivity contribution in [2.75, 3.05) is 26.2 Å². The molecule has 6 heteroatoms. The van der Waals surface area contributed by atoms with Gasteiger partial charge in [-0.05, 0) is 12.1 Å². The summed E-state index contributed by atoms with van der Waals surface area (Å²) in [5.74, 6) is 1.05. The summed E-state index contributed by atoms with van der Waals surface area (Å²) in [5.41, 5.74) is 1.21. The van der Waals surface area contributed by atoms with Crippen LogP contribution in [0.25, 0.3) is 11.0 Å². The number of hydrogen-bond donors (Lipinski definition) is 0. The first kappa shape index (κ1) is 14.8. The van der Waals surface area contributed by atoms with Crippen LogP contribution in [0.3, 0.4) is 0 Å². The van der Waals surface area contributed by atoms with E-state index in [0.717, 1.165) is 17.8 Å². The van der Waals surface area contributed by atoms with E-state index in [2.05, 4.69) is 9.55 Å². The zero-order chi connectivity index (χ0) is 14.9. The highest BCUT2D eigenvalue weighted by molar-refractivity contribution is 6.17. The van der Waals surface area contributed by atoms with Gasteiger partial charge < -0.3 is 14.0 Å². The fourth-order valence-electron chi connectivity index (χ4n) is 2.83. The van der Waals surface area contributed by atoms with Gasteiger partial charge in [-0.15, -0.1) is 11.6 Å². The summed E-state index contributed by atoms with van der Waals surface area (Å²) in [6.07, 6.45) is 1.48. The molecule has 0 bridgehead atoms. The van der Waals surface area contributed by atoms with Crippen LogP contribution in [0.2, 0.25) is 0 Å². The van der Waals surface area contributed by atoms with Gasteiger partial charge in [0.1, 0.15) is 17.2 Å². The van der Waals surface area contributed by atoms with Crippen LogP contribution in [0.5, 0.6) is 0 Å². The number of rotatable bonds is 5. The van der Waals surface area contributed by atoms with Crippen molar-refractivity contribution in [3.05, 3.63) is 29.8 Å². The molecule has 4 nitrogen and oxygen atoms in total. The lowest BCUT2D eigenvalue weighted by Crippen LogP contribution is -2.37. The van der Waals surface area contributed by atoms with E-state index in [9.17, 15) is 4.39 Å². The number of benzene rings is 1. The molecule has 0 aliphatic carbocycles. The predicted molar refractivity (Wildman–Crippen MR) is 79.3 cm³/mol. The Labute approximate surface area is 127 Å². The minimum Gasteiger partial charge on any atom is -0.378 e. The van der Waals surface area contributed by atoms with Crippen LogP contribution in [0.15, 0.2) is 18.2 Å². The molecule has 1 atom stereocenters. The van der Waals surface area contributed by atoms with Gasteiger partial charge in [-0.3, -0.25) is 0 Å². The number of hydrogen-bond acceptors (Lipinski definition) is 3. The largest absolute Gasteiger partial charge is 0.378 e. The molecule has 0 saturated carbocycles. The summed E-state index contributed by atoms with van der Waals surface area (Å²) < 4.78 is 26.7. The van der Waals surface area contributed by atoms with Crippen molar-refractivity contribution in [2.24, 2.45) is 0 Å². The first-order valence-electron chi connectivity index (χ1n) is 7.01. The molecule has 21 heavy (non-hydrogen) atoms. The Morgan fingerprint density at radius 3 is 3.05 bits per heavy atom. The van der Waals surface area contributed by atoms with E-state index in [4.69, 9.17) is 21.1 Å². The summed E-state index contributed by atoms with van der Waals surface area (Å²) in [6, 6.07) is 4.67. The van der Waals surface area contributed by atoms with Gasteiger partial charge in [-0.1, -0.05) is 0 Å². The number of ether oxygens (including phenoxy) is 2. The molecule has 2 aromatic rings. The maximum atomic E-state index is 13.4. The third-order valence-electron chi connectivity index (χ3n) is 4.05. The van der Waals surface area contributed by atoms with Crippen molar-refractivity contribution >= 4 is 22.6 Å². The van der Waals surface area contributed by atoms with Gasteiger partial charge in [0.15, 0.2) is 0 Å². The van der Waals surface area contributed by atoms with Crippen LogP contribution in [0, 0.1) is 5.82 Å². The molecule has 0 radical (unpaired) electrons. The van der Waals surface area contributed by atoms with Gasteiger partial charge in [-0.25, -0.2) is 9.37 Å². The van der Waals surface area contributed by atoms with Crippen molar-refractivity contribution in [1.82, 2.24) is 9.55 Å². The van der Waals surface area contributed by atoms with Crippen molar-refractivity contribution in [3.63, 3.8) is 0 Å². The first-order chi connectivity index (χ1) is 10.2. The number of methoxy groups -OCH3 is 1. The van der Waals surface area contributed by atoms with E-state index in [1.165, 1.54) is 12.1 Å². The fourth-order valence-corrected chi connectivity index (χ4v) is 3.00. The van der Waals surface area contributed by atoms with Gasteiger partial charge in [0.2, 0.25) is 0 Å². The molecule has 0 amide bonds.